The zero-order valence-corrected chi connectivity index (χ0v) is 17.3. The molecule has 0 saturated carbocycles. The molecule has 0 bridgehead atoms. The van der Waals surface area contributed by atoms with Crippen molar-refractivity contribution >= 4 is 23.7 Å². The molecule has 1 aromatic heterocycles. The number of anilines is 1. The maximum absolute atomic E-state index is 13.1. The van der Waals surface area contributed by atoms with Crippen molar-refractivity contribution in [3.8, 4) is 0 Å². The van der Waals surface area contributed by atoms with Gasteiger partial charge in [0.15, 0.2) is 0 Å². The minimum absolute atomic E-state index is 0.149. The summed E-state index contributed by atoms with van der Waals surface area (Å²) in [6, 6.07) is 15.8. The summed E-state index contributed by atoms with van der Waals surface area (Å²) in [6.45, 7) is 1.74. The molecule has 1 aliphatic rings. The van der Waals surface area contributed by atoms with Crippen LogP contribution >= 0.6 is 11.8 Å². The van der Waals surface area contributed by atoms with Crippen molar-refractivity contribution in [3.05, 3.63) is 77.4 Å². The minimum Gasteiger partial charge on any atom is -0.406 e. The lowest BCUT2D eigenvalue weighted by atomic mass is 10.1. The zero-order chi connectivity index (χ0) is 20.8. The first kappa shape index (κ1) is 20.4. The maximum Gasteiger partial charge on any atom is 0.318 e. The Balaban J connectivity index is 1.49. The van der Waals surface area contributed by atoms with Crippen molar-refractivity contribution in [2.75, 3.05) is 29.5 Å². The van der Waals surface area contributed by atoms with E-state index in [1.807, 2.05) is 42.1 Å². The van der Waals surface area contributed by atoms with Crippen LogP contribution in [0, 0.1) is 5.82 Å². The SMILES string of the molecule is O=C(Cc1ccc(F)cc1)NC(Cc1ccccc1)c1nnc(N2CCSCC2)o1. The third kappa shape index (κ3) is 5.38. The molecule has 0 aliphatic carbocycles. The van der Waals surface area contributed by atoms with Gasteiger partial charge >= 0.3 is 6.01 Å². The Morgan fingerprint density at radius 2 is 1.80 bits per heavy atom. The number of carbonyl (C=O) groups excluding carboxylic acids is 1. The van der Waals surface area contributed by atoms with E-state index in [-0.39, 0.29) is 18.1 Å². The standard InChI is InChI=1S/C22H23FN4O2S/c23-18-8-6-17(7-9-18)15-20(28)24-19(14-16-4-2-1-3-5-16)21-25-26-22(29-21)27-10-12-30-13-11-27/h1-9,19H,10-15H2,(H,24,28). The molecular formula is C22H23FN4O2S. The normalized spacial score (nSPS) is 15.0. The molecule has 156 valence electrons. The Bertz CT molecular complexity index is 959. The molecule has 2 aromatic carbocycles. The molecule has 0 radical (unpaired) electrons. The van der Waals surface area contributed by atoms with Crippen LogP contribution in [0.5, 0.6) is 0 Å². The molecule has 1 unspecified atom stereocenters. The summed E-state index contributed by atoms with van der Waals surface area (Å²) in [6.07, 6.45) is 0.684. The predicted octanol–water partition coefficient (Wildman–Crippen LogP) is 3.40. The molecule has 30 heavy (non-hydrogen) atoms. The van der Waals surface area contributed by atoms with Crippen molar-refractivity contribution < 1.29 is 13.6 Å². The van der Waals surface area contributed by atoms with Crippen molar-refractivity contribution in [2.24, 2.45) is 0 Å². The van der Waals surface area contributed by atoms with Crippen LogP contribution in [-0.2, 0) is 17.6 Å². The van der Waals surface area contributed by atoms with E-state index in [0.29, 0.717) is 18.3 Å². The number of hydrogen-bond donors (Lipinski definition) is 1. The van der Waals surface area contributed by atoms with Crippen LogP contribution in [0.1, 0.15) is 23.1 Å². The number of carbonyl (C=O) groups is 1. The average Bonchev–Trinajstić information content (AvgIpc) is 3.27. The molecule has 1 fully saturated rings. The van der Waals surface area contributed by atoms with E-state index in [4.69, 9.17) is 4.42 Å². The number of thioether (sulfide) groups is 1. The van der Waals surface area contributed by atoms with E-state index in [1.54, 1.807) is 12.1 Å². The molecule has 2 heterocycles. The summed E-state index contributed by atoms with van der Waals surface area (Å²) < 4.78 is 19.1. The number of rotatable bonds is 7. The van der Waals surface area contributed by atoms with E-state index < -0.39 is 6.04 Å². The van der Waals surface area contributed by atoms with Crippen LogP contribution in [0.4, 0.5) is 10.4 Å². The van der Waals surface area contributed by atoms with Gasteiger partial charge in [-0.1, -0.05) is 47.6 Å². The van der Waals surface area contributed by atoms with E-state index in [9.17, 15) is 9.18 Å². The van der Waals surface area contributed by atoms with Crippen molar-refractivity contribution in [1.82, 2.24) is 15.5 Å². The van der Waals surface area contributed by atoms with E-state index in [1.165, 1.54) is 12.1 Å². The average molecular weight is 427 g/mol. The third-order valence-electron chi connectivity index (χ3n) is 4.91. The minimum atomic E-state index is -0.444. The Morgan fingerprint density at radius 3 is 2.53 bits per heavy atom. The highest BCUT2D eigenvalue weighted by Gasteiger charge is 2.24. The third-order valence-corrected chi connectivity index (χ3v) is 5.85. The second-order valence-electron chi connectivity index (χ2n) is 7.14. The maximum atomic E-state index is 13.1. The van der Waals surface area contributed by atoms with Crippen LogP contribution < -0.4 is 10.2 Å². The molecular weight excluding hydrogens is 403 g/mol. The highest BCUT2D eigenvalue weighted by Crippen LogP contribution is 2.23. The number of nitrogens with zero attached hydrogens (tertiary/aromatic N) is 3. The fraction of sp³-hybridized carbons (Fsp3) is 0.318. The molecule has 1 N–H and O–H groups in total. The smallest absolute Gasteiger partial charge is 0.318 e. The number of hydrogen-bond acceptors (Lipinski definition) is 6. The fourth-order valence-electron chi connectivity index (χ4n) is 3.33. The molecule has 1 amide bonds. The first-order chi connectivity index (χ1) is 14.7. The quantitative estimate of drug-likeness (QED) is 0.624. The fourth-order valence-corrected chi connectivity index (χ4v) is 4.24. The predicted molar refractivity (Wildman–Crippen MR) is 115 cm³/mol. The topological polar surface area (TPSA) is 71.3 Å². The Kier molecular flexibility index (Phi) is 6.63. The van der Waals surface area contributed by atoms with E-state index in [0.717, 1.165) is 35.7 Å². The number of halogens is 1. The van der Waals surface area contributed by atoms with Gasteiger partial charge in [-0.25, -0.2) is 4.39 Å². The monoisotopic (exact) mass is 426 g/mol. The van der Waals surface area contributed by atoms with E-state index in [2.05, 4.69) is 20.4 Å². The molecule has 3 aromatic rings. The second-order valence-corrected chi connectivity index (χ2v) is 8.36. The van der Waals surface area contributed by atoms with Gasteiger partial charge in [0.05, 0.1) is 6.42 Å². The van der Waals surface area contributed by atoms with E-state index >= 15 is 0 Å². The van der Waals surface area contributed by atoms with Gasteiger partial charge in [-0.05, 0) is 23.3 Å². The highest BCUT2D eigenvalue weighted by molar-refractivity contribution is 7.99. The van der Waals surface area contributed by atoms with Crippen molar-refractivity contribution in [2.45, 2.75) is 18.9 Å². The molecule has 1 atom stereocenters. The molecule has 0 spiro atoms. The lowest BCUT2D eigenvalue weighted by Crippen LogP contribution is -2.32. The Morgan fingerprint density at radius 1 is 1.07 bits per heavy atom. The van der Waals surface area contributed by atoms with Crippen LogP contribution in [0.2, 0.25) is 0 Å². The first-order valence-corrected chi connectivity index (χ1v) is 11.1. The molecule has 4 rings (SSSR count). The summed E-state index contributed by atoms with van der Waals surface area (Å²) in [7, 11) is 0. The largest absolute Gasteiger partial charge is 0.406 e. The number of amides is 1. The Hall–Kier alpha value is -2.87. The summed E-state index contributed by atoms with van der Waals surface area (Å²) in [4.78, 5) is 14.7. The van der Waals surface area contributed by atoms with Crippen molar-refractivity contribution in [3.63, 3.8) is 0 Å². The van der Waals surface area contributed by atoms with Gasteiger partial charge in [-0.3, -0.25) is 4.79 Å². The lowest BCUT2D eigenvalue weighted by Gasteiger charge is -2.24. The van der Waals surface area contributed by atoms with Crippen LogP contribution in [0.25, 0.3) is 0 Å². The lowest BCUT2D eigenvalue weighted by molar-refractivity contribution is -0.121. The van der Waals surface area contributed by atoms with Gasteiger partial charge in [-0.15, -0.1) is 5.10 Å². The molecule has 1 aliphatic heterocycles. The van der Waals surface area contributed by atoms with Gasteiger partial charge in [0, 0.05) is 31.0 Å². The first-order valence-electron chi connectivity index (χ1n) is 9.91. The molecule has 6 nitrogen and oxygen atoms in total. The highest BCUT2D eigenvalue weighted by atomic mass is 32.2. The van der Waals surface area contributed by atoms with Gasteiger partial charge in [0.25, 0.3) is 0 Å². The number of benzene rings is 2. The summed E-state index contributed by atoms with van der Waals surface area (Å²) in [5.74, 6) is 1.94. The van der Waals surface area contributed by atoms with Gasteiger partial charge in [-0.2, -0.15) is 11.8 Å². The van der Waals surface area contributed by atoms with Crippen LogP contribution in [0.3, 0.4) is 0 Å². The van der Waals surface area contributed by atoms with Crippen LogP contribution in [0.15, 0.2) is 59.0 Å². The van der Waals surface area contributed by atoms with Gasteiger partial charge in [0.2, 0.25) is 11.8 Å². The number of aromatic nitrogens is 2. The molecule has 8 heteroatoms. The van der Waals surface area contributed by atoms with Gasteiger partial charge < -0.3 is 14.6 Å². The van der Waals surface area contributed by atoms with Gasteiger partial charge in [0.1, 0.15) is 11.9 Å². The number of nitrogens with one attached hydrogen (secondary N) is 1. The second kappa shape index (κ2) is 9.75. The molecule has 1 saturated heterocycles. The zero-order valence-electron chi connectivity index (χ0n) is 16.5. The Labute approximate surface area is 178 Å². The summed E-state index contributed by atoms with van der Waals surface area (Å²) >= 11 is 1.91. The van der Waals surface area contributed by atoms with Crippen molar-refractivity contribution in [1.29, 1.82) is 0 Å². The summed E-state index contributed by atoms with van der Waals surface area (Å²) in [5, 5.41) is 11.5. The summed E-state index contributed by atoms with van der Waals surface area (Å²) in [5.41, 5.74) is 1.79. The van der Waals surface area contributed by atoms with Crippen LogP contribution in [-0.4, -0.2) is 40.7 Å².